The largest absolute Gasteiger partial charge is 0.496 e. The molecule has 0 saturated carbocycles. The van der Waals surface area contributed by atoms with Crippen LogP contribution in [0.1, 0.15) is 55.7 Å². The molecular formula is C30H35ClN4O4S. The molecule has 40 heavy (non-hydrogen) atoms. The minimum Gasteiger partial charge on any atom is -0.496 e. The van der Waals surface area contributed by atoms with Crippen molar-refractivity contribution in [2.24, 2.45) is 0 Å². The number of nitrogens with one attached hydrogen (secondary N) is 1. The zero-order chi connectivity index (χ0) is 28.4. The van der Waals surface area contributed by atoms with Crippen LogP contribution in [0.3, 0.4) is 0 Å². The number of halogens is 1. The first-order valence-electron chi connectivity index (χ1n) is 13.5. The summed E-state index contributed by atoms with van der Waals surface area (Å²) in [5, 5.41) is 8.30. The SMILES string of the molecule is COc1ccccc1C1SCC(=O)N(CC(=O)NCC2CCCO2)c2c1c(C(C)(C)C)nn2-c1ccccc1Cl. The molecule has 0 bridgehead atoms. The van der Waals surface area contributed by atoms with E-state index in [1.165, 1.54) is 11.8 Å². The smallest absolute Gasteiger partial charge is 0.240 e. The molecule has 212 valence electrons. The molecule has 3 aromatic rings. The van der Waals surface area contributed by atoms with E-state index in [1.54, 1.807) is 22.8 Å². The van der Waals surface area contributed by atoms with Crippen LogP contribution in [0.5, 0.6) is 5.75 Å². The highest BCUT2D eigenvalue weighted by Crippen LogP contribution is 2.50. The van der Waals surface area contributed by atoms with Crippen molar-refractivity contribution in [3.63, 3.8) is 0 Å². The number of ether oxygens (including phenoxy) is 2. The van der Waals surface area contributed by atoms with Gasteiger partial charge in [-0.3, -0.25) is 14.5 Å². The van der Waals surface area contributed by atoms with E-state index >= 15 is 0 Å². The number of carbonyl (C=O) groups is 2. The zero-order valence-electron chi connectivity index (χ0n) is 23.3. The van der Waals surface area contributed by atoms with Gasteiger partial charge >= 0.3 is 0 Å². The lowest BCUT2D eigenvalue weighted by Gasteiger charge is -2.25. The van der Waals surface area contributed by atoms with Gasteiger partial charge in [0, 0.05) is 29.7 Å². The first kappa shape index (κ1) is 28.5. The standard InChI is InChI=1S/C30H35ClN4O4S/c1-30(2,3)28-26-27(20-11-5-8-14-23(20)38-4)40-18-25(37)34(17-24(36)32-16-19-10-9-15-39-19)29(26)35(33-28)22-13-7-6-12-21(22)31/h5-8,11-14,19,27H,9-10,15-18H2,1-4H3,(H,32,36). The molecule has 2 aromatic carbocycles. The van der Waals surface area contributed by atoms with E-state index in [4.69, 9.17) is 26.2 Å². The van der Waals surface area contributed by atoms with Gasteiger partial charge in [0.2, 0.25) is 11.8 Å². The normalized spacial score (nSPS) is 19.3. The van der Waals surface area contributed by atoms with Crippen LogP contribution in [0.2, 0.25) is 5.02 Å². The van der Waals surface area contributed by atoms with Gasteiger partial charge in [-0.05, 0) is 31.0 Å². The fraction of sp³-hybridized carbons (Fsp3) is 0.433. The van der Waals surface area contributed by atoms with E-state index in [9.17, 15) is 9.59 Å². The Bertz CT molecular complexity index is 1400. The number of methoxy groups -OCH3 is 1. The Morgan fingerprint density at radius 3 is 2.65 bits per heavy atom. The van der Waals surface area contributed by atoms with Crippen LogP contribution >= 0.6 is 23.4 Å². The van der Waals surface area contributed by atoms with Crippen LogP contribution in [0.25, 0.3) is 5.69 Å². The Morgan fingerprint density at radius 1 is 1.20 bits per heavy atom. The number of thioether (sulfide) groups is 1. The Morgan fingerprint density at radius 2 is 1.95 bits per heavy atom. The molecule has 1 fully saturated rings. The van der Waals surface area contributed by atoms with Crippen molar-refractivity contribution >= 4 is 41.0 Å². The highest BCUT2D eigenvalue weighted by Gasteiger charge is 2.41. The summed E-state index contributed by atoms with van der Waals surface area (Å²) < 4.78 is 13.2. The van der Waals surface area contributed by atoms with Crippen molar-refractivity contribution in [2.45, 2.75) is 50.4 Å². The molecule has 1 aromatic heterocycles. The summed E-state index contributed by atoms with van der Waals surface area (Å²) in [5.74, 6) is 1.04. The molecule has 10 heteroatoms. The molecule has 2 aliphatic heterocycles. The minimum atomic E-state index is -0.376. The number of hydrogen-bond donors (Lipinski definition) is 1. The molecule has 0 spiro atoms. The van der Waals surface area contributed by atoms with Crippen LogP contribution in [0, 0.1) is 0 Å². The number of carbonyl (C=O) groups excluding carboxylic acids is 2. The molecule has 3 heterocycles. The van der Waals surface area contributed by atoms with Crippen molar-refractivity contribution in [3.8, 4) is 11.4 Å². The summed E-state index contributed by atoms with van der Waals surface area (Å²) in [5.41, 5.74) is 2.90. The second kappa shape index (κ2) is 11.8. The number of aromatic nitrogens is 2. The summed E-state index contributed by atoms with van der Waals surface area (Å²) in [4.78, 5) is 28.7. The second-order valence-electron chi connectivity index (χ2n) is 11.1. The Kier molecular flexibility index (Phi) is 8.44. The lowest BCUT2D eigenvalue weighted by atomic mass is 9.87. The predicted octanol–water partition coefficient (Wildman–Crippen LogP) is 5.30. The second-order valence-corrected chi connectivity index (χ2v) is 12.6. The number of anilines is 1. The number of amides is 2. The van der Waals surface area contributed by atoms with Gasteiger partial charge in [-0.2, -0.15) is 5.10 Å². The molecule has 2 amide bonds. The highest BCUT2D eigenvalue weighted by molar-refractivity contribution is 8.00. The van der Waals surface area contributed by atoms with E-state index in [0.717, 1.165) is 35.4 Å². The van der Waals surface area contributed by atoms with E-state index in [1.807, 2.05) is 42.5 Å². The fourth-order valence-electron chi connectivity index (χ4n) is 5.23. The quantitative estimate of drug-likeness (QED) is 0.407. The van der Waals surface area contributed by atoms with Crippen molar-refractivity contribution in [3.05, 3.63) is 70.4 Å². The van der Waals surface area contributed by atoms with Crippen molar-refractivity contribution in [1.29, 1.82) is 0 Å². The van der Waals surface area contributed by atoms with Gasteiger partial charge in [-0.25, -0.2) is 4.68 Å². The van der Waals surface area contributed by atoms with Gasteiger partial charge in [-0.15, -0.1) is 11.8 Å². The number of benzene rings is 2. The van der Waals surface area contributed by atoms with E-state index in [-0.39, 0.29) is 40.9 Å². The molecular weight excluding hydrogens is 548 g/mol. The lowest BCUT2D eigenvalue weighted by Crippen LogP contribution is -2.44. The number of rotatable bonds is 7. The lowest BCUT2D eigenvalue weighted by molar-refractivity contribution is -0.123. The first-order valence-corrected chi connectivity index (χ1v) is 14.9. The van der Waals surface area contributed by atoms with Gasteiger partial charge < -0.3 is 14.8 Å². The van der Waals surface area contributed by atoms with E-state index in [0.29, 0.717) is 29.7 Å². The van der Waals surface area contributed by atoms with Crippen LogP contribution in [-0.4, -0.2) is 60.3 Å². The van der Waals surface area contributed by atoms with E-state index < -0.39 is 0 Å². The molecule has 5 rings (SSSR count). The summed E-state index contributed by atoms with van der Waals surface area (Å²) >= 11 is 8.21. The maximum Gasteiger partial charge on any atom is 0.240 e. The van der Waals surface area contributed by atoms with E-state index in [2.05, 4.69) is 26.1 Å². The fourth-order valence-corrected chi connectivity index (χ4v) is 6.66. The minimum absolute atomic E-state index is 0.00553. The monoisotopic (exact) mass is 582 g/mol. The van der Waals surface area contributed by atoms with Gasteiger partial charge in [0.1, 0.15) is 18.1 Å². The Balaban J connectivity index is 1.68. The van der Waals surface area contributed by atoms with Gasteiger partial charge in [0.05, 0.1) is 40.6 Å². The third kappa shape index (κ3) is 5.73. The zero-order valence-corrected chi connectivity index (χ0v) is 24.8. The maximum absolute atomic E-state index is 13.8. The van der Waals surface area contributed by atoms with Crippen LogP contribution < -0.4 is 15.0 Å². The average molecular weight is 583 g/mol. The molecule has 8 nitrogen and oxygen atoms in total. The molecule has 0 aliphatic carbocycles. The number of fused-ring (bicyclic) bond motifs is 1. The van der Waals surface area contributed by atoms with Gasteiger partial charge in [0.25, 0.3) is 0 Å². The Hall–Kier alpha value is -3.01. The van der Waals surface area contributed by atoms with Crippen LogP contribution in [0.15, 0.2) is 48.5 Å². The van der Waals surface area contributed by atoms with Gasteiger partial charge in [-0.1, -0.05) is 62.7 Å². The summed E-state index contributed by atoms with van der Waals surface area (Å²) in [6.45, 7) is 7.29. The highest BCUT2D eigenvalue weighted by atomic mass is 35.5. The topological polar surface area (TPSA) is 85.7 Å². The maximum atomic E-state index is 13.8. The van der Waals surface area contributed by atoms with Crippen molar-refractivity contribution in [2.75, 3.05) is 37.5 Å². The number of para-hydroxylation sites is 2. The van der Waals surface area contributed by atoms with Crippen molar-refractivity contribution < 1.29 is 19.1 Å². The third-order valence-electron chi connectivity index (χ3n) is 7.15. The number of hydrogen-bond acceptors (Lipinski definition) is 6. The van der Waals surface area contributed by atoms with Gasteiger partial charge in [0.15, 0.2) is 0 Å². The summed E-state index contributed by atoms with van der Waals surface area (Å²) in [6.07, 6.45) is 1.91. The summed E-state index contributed by atoms with van der Waals surface area (Å²) in [7, 11) is 1.65. The predicted molar refractivity (Wildman–Crippen MR) is 159 cm³/mol. The molecule has 1 N–H and O–H groups in total. The molecule has 2 unspecified atom stereocenters. The average Bonchev–Trinajstić information content (AvgIpc) is 3.57. The van der Waals surface area contributed by atoms with Crippen LogP contribution in [0.4, 0.5) is 5.82 Å². The molecule has 1 saturated heterocycles. The van der Waals surface area contributed by atoms with Crippen LogP contribution in [-0.2, 0) is 19.7 Å². The summed E-state index contributed by atoms with van der Waals surface area (Å²) in [6, 6.07) is 15.3. The third-order valence-corrected chi connectivity index (χ3v) is 8.71. The molecule has 2 atom stereocenters. The molecule has 0 radical (unpaired) electrons. The Labute approximate surface area is 244 Å². The first-order chi connectivity index (χ1) is 19.2. The molecule has 2 aliphatic rings. The van der Waals surface area contributed by atoms with Crippen molar-refractivity contribution in [1.82, 2.24) is 15.1 Å². The number of nitrogens with zero attached hydrogens (tertiary/aromatic N) is 3.